The van der Waals surface area contributed by atoms with Crippen molar-refractivity contribution < 1.29 is 14.0 Å². The van der Waals surface area contributed by atoms with Gasteiger partial charge < -0.3 is 20.0 Å². The summed E-state index contributed by atoms with van der Waals surface area (Å²) in [6.45, 7) is 2.21. The molecule has 6 heteroatoms. The number of Topliss-reactive ketones (excluding diaryl/α,β-unsaturated/α-hetero) is 1. The third-order valence-electron chi connectivity index (χ3n) is 4.67. The molecule has 1 unspecified atom stereocenters. The minimum Gasteiger partial charge on any atom is -0.472 e. The van der Waals surface area contributed by atoms with E-state index < -0.39 is 0 Å². The maximum Gasteiger partial charge on any atom is 0.224 e. The molecule has 3 heterocycles. The molecule has 4 rings (SSSR count). The molecule has 0 aliphatic carbocycles. The van der Waals surface area contributed by atoms with E-state index in [1.165, 1.54) is 12.5 Å². The molecule has 0 saturated carbocycles. The van der Waals surface area contributed by atoms with E-state index in [1.807, 2.05) is 12.1 Å². The highest BCUT2D eigenvalue weighted by atomic mass is 16.3. The number of benzene rings is 1. The summed E-state index contributed by atoms with van der Waals surface area (Å²) in [7, 11) is 0. The van der Waals surface area contributed by atoms with Gasteiger partial charge in [-0.1, -0.05) is 0 Å². The average molecular weight is 325 g/mol. The van der Waals surface area contributed by atoms with Crippen molar-refractivity contribution in [2.45, 2.75) is 18.9 Å². The summed E-state index contributed by atoms with van der Waals surface area (Å²) in [5, 5.41) is 6.19. The second kappa shape index (κ2) is 6.13. The van der Waals surface area contributed by atoms with Gasteiger partial charge in [0.15, 0.2) is 5.78 Å². The molecular weight excluding hydrogens is 306 g/mol. The van der Waals surface area contributed by atoms with Crippen LogP contribution in [-0.4, -0.2) is 37.4 Å². The molecule has 1 saturated heterocycles. The van der Waals surface area contributed by atoms with Crippen molar-refractivity contribution in [2.24, 2.45) is 0 Å². The number of ketones is 1. The number of aryl methyl sites for hydroxylation is 1. The maximum atomic E-state index is 12.8. The molecule has 0 spiro atoms. The van der Waals surface area contributed by atoms with Gasteiger partial charge in [-0.05, 0) is 36.2 Å². The Balaban J connectivity index is 1.63. The molecule has 1 amide bonds. The topological polar surface area (TPSA) is 74.6 Å². The summed E-state index contributed by atoms with van der Waals surface area (Å²) in [4.78, 5) is 26.4. The number of carbonyl (C=O) groups is 2. The molecule has 2 aromatic rings. The van der Waals surface area contributed by atoms with Gasteiger partial charge in [0.2, 0.25) is 5.91 Å². The van der Waals surface area contributed by atoms with Crippen LogP contribution in [0.25, 0.3) is 0 Å². The summed E-state index contributed by atoms with van der Waals surface area (Å²) in [5.41, 5.74) is 3.62. The zero-order chi connectivity index (χ0) is 16.5. The Hall–Kier alpha value is -2.60. The lowest BCUT2D eigenvalue weighted by molar-refractivity contribution is -0.116. The number of hydrogen-bond donors (Lipinski definition) is 2. The third-order valence-corrected chi connectivity index (χ3v) is 4.67. The summed E-state index contributed by atoms with van der Waals surface area (Å²) in [6.07, 6.45) is 4.27. The molecular formula is C18H19N3O3. The molecule has 2 aliphatic rings. The molecule has 2 N–H and O–H groups in total. The molecule has 124 valence electrons. The Morgan fingerprint density at radius 2 is 2.17 bits per heavy atom. The Morgan fingerprint density at radius 1 is 1.25 bits per heavy atom. The van der Waals surface area contributed by atoms with E-state index in [4.69, 9.17) is 4.42 Å². The third kappa shape index (κ3) is 2.69. The van der Waals surface area contributed by atoms with E-state index >= 15 is 0 Å². The summed E-state index contributed by atoms with van der Waals surface area (Å²) in [5.74, 6) is 0.118. The number of carbonyl (C=O) groups excluding carboxylic acids is 2. The van der Waals surface area contributed by atoms with Crippen molar-refractivity contribution in [3.05, 3.63) is 47.9 Å². The first-order valence-corrected chi connectivity index (χ1v) is 8.19. The number of amides is 1. The molecule has 1 aromatic carbocycles. The first-order chi connectivity index (χ1) is 11.7. The van der Waals surface area contributed by atoms with Crippen LogP contribution in [0.1, 0.15) is 22.3 Å². The van der Waals surface area contributed by atoms with Crippen molar-refractivity contribution >= 4 is 23.1 Å². The van der Waals surface area contributed by atoms with Crippen molar-refractivity contribution in [3.8, 4) is 0 Å². The SMILES string of the molecule is O=C1CCc2cc(N3CCNCC3C(=O)c3ccoc3)ccc2N1. The van der Waals surface area contributed by atoms with E-state index in [0.29, 0.717) is 18.5 Å². The van der Waals surface area contributed by atoms with Crippen LogP contribution >= 0.6 is 0 Å². The Labute approximate surface area is 139 Å². The van der Waals surface area contributed by atoms with Crippen molar-refractivity contribution in [2.75, 3.05) is 29.9 Å². The molecule has 2 aliphatic heterocycles. The molecule has 24 heavy (non-hydrogen) atoms. The highest BCUT2D eigenvalue weighted by molar-refractivity contribution is 6.02. The number of nitrogens with one attached hydrogen (secondary N) is 2. The van der Waals surface area contributed by atoms with Crippen molar-refractivity contribution in [3.63, 3.8) is 0 Å². The fourth-order valence-corrected chi connectivity index (χ4v) is 3.39. The molecule has 1 atom stereocenters. The first kappa shape index (κ1) is 15.0. The van der Waals surface area contributed by atoms with Crippen LogP contribution in [0.3, 0.4) is 0 Å². The standard InChI is InChI=1S/C18H19N3O3/c22-17-4-1-12-9-14(2-3-15(12)20-17)21-7-6-19-10-16(21)18(23)13-5-8-24-11-13/h2-3,5,8-9,11,16,19H,1,4,6-7,10H2,(H,20,22). The van der Waals surface area contributed by atoms with E-state index in [9.17, 15) is 9.59 Å². The van der Waals surface area contributed by atoms with Gasteiger partial charge in [-0.15, -0.1) is 0 Å². The van der Waals surface area contributed by atoms with Gasteiger partial charge in [-0.25, -0.2) is 0 Å². The van der Waals surface area contributed by atoms with E-state index in [0.717, 1.165) is 36.4 Å². The van der Waals surface area contributed by atoms with Gasteiger partial charge in [0.1, 0.15) is 12.3 Å². The predicted molar refractivity (Wildman–Crippen MR) is 90.4 cm³/mol. The number of nitrogens with zero attached hydrogens (tertiary/aromatic N) is 1. The molecule has 6 nitrogen and oxygen atoms in total. The highest BCUT2D eigenvalue weighted by Gasteiger charge is 2.30. The number of anilines is 2. The Morgan fingerprint density at radius 3 is 3.00 bits per heavy atom. The van der Waals surface area contributed by atoms with Crippen LogP contribution in [0.2, 0.25) is 0 Å². The van der Waals surface area contributed by atoms with Crippen molar-refractivity contribution in [1.29, 1.82) is 0 Å². The van der Waals surface area contributed by atoms with Gasteiger partial charge in [0.05, 0.1) is 11.8 Å². The smallest absolute Gasteiger partial charge is 0.224 e. The average Bonchev–Trinajstić information content (AvgIpc) is 3.15. The van der Waals surface area contributed by atoms with Crippen LogP contribution in [0.15, 0.2) is 41.2 Å². The Bertz CT molecular complexity index is 770. The zero-order valence-corrected chi connectivity index (χ0v) is 13.2. The van der Waals surface area contributed by atoms with Gasteiger partial charge in [-0.2, -0.15) is 0 Å². The minimum atomic E-state index is -0.257. The van der Waals surface area contributed by atoms with Crippen LogP contribution < -0.4 is 15.5 Å². The number of rotatable bonds is 3. The summed E-state index contributed by atoms with van der Waals surface area (Å²) < 4.78 is 5.05. The number of piperazine rings is 1. The highest BCUT2D eigenvalue weighted by Crippen LogP contribution is 2.29. The second-order valence-corrected chi connectivity index (χ2v) is 6.18. The van der Waals surface area contributed by atoms with Crippen molar-refractivity contribution in [1.82, 2.24) is 5.32 Å². The van der Waals surface area contributed by atoms with Crippen LogP contribution in [0.4, 0.5) is 11.4 Å². The fourth-order valence-electron chi connectivity index (χ4n) is 3.39. The number of fused-ring (bicyclic) bond motifs is 1. The van der Waals surface area contributed by atoms with Crippen LogP contribution in [0.5, 0.6) is 0 Å². The first-order valence-electron chi connectivity index (χ1n) is 8.19. The van der Waals surface area contributed by atoms with E-state index in [-0.39, 0.29) is 17.7 Å². The Kier molecular flexibility index (Phi) is 3.82. The van der Waals surface area contributed by atoms with E-state index in [1.54, 1.807) is 6.07 Å². The number of furan rings is 1. The summed E-state index contributed by atoms with van der Waals surface area (Å²) >= 11 is 0. The van der Waals surface area contributed by atoms with Crippen LogP contribution in [0, 0.1) is 0 Å². The van der Waals surface area contributed by atoms with Gasteiger partial charge in [-0.3, -0.25) is 9.59 Å². The summed E-state index contributed by atoms with van der Waals surface area (Å²) in [6, 6.07) is 7.45. The quantitative estimate of drug-likeness (QED) is 0.842. The van der Waals surface area contributed by atoms with Crippen LogP contribution in [-0.2, 0) is 11.2 Å². The lowest BCUT2D eigenvalue weighted by Crippen LogP contribution is -2.55. The lowest BCUT2D eigenvalue weighted by atomic mass is 9.99. The monoisotopic (exact) mass is 325 g/mol. The molecule has 1 aromatic heterocycles. The molecule has 0 bridgehead atoms. The van der Waals surface area contributed by atoms with Gasteiger partial charge in [0, 0.05) is 37.4 Å². The molecule has 1 fully saturated rings. The fraction of sp³-hybridized carbons (Fsp3) is 0.333. The van der Waals surface area contributed by atoms with E-state index in [2.05, 4.69) is 21.6 Å². The molecule has 0 radical (unpaired) electrons. The normalized spacial score (nSPS) is 20.4. The number of hydrogen-bond acceptors (Lipinski definition) is 5. The van der Waals surface area contributed by atoms with Gasteiger partial charge >= 0.3 is 0 Å². The zero-order valence-electron chi connectivity index (χ0n) is 13.2. The maximum absolute atomic E-state index is 12.8. The predicted octanol–water partition coefficient (Wildman–Crippen LogP) is 1.83. The largest absolute Gasteiger partial charge is 0.472 e. The minimum absolute atomic E-state index is 0.0574. The lowest BCUT2D eigenvalue weighted by Gasteiger charge is -2.37. The van der Waals surface area contributed by atoms with Gasteiger partial charge in [0.25, 0.3) is 0 Å². The second-order valence-electron chi connectivity index (χ2n) is 6.18.